The molecule has 0 bridgehead atoms. The quantitative estimate of drug-likeness (QED) is 0.882. The van der Waals surface area contributed by atoms with Crippen LogP contribution in [0.25, 0.3) is 0 Å². The van der Waals surface area contributed by atoms with Crippen molar-refractivity contribution in [2.75, 3.05) is 13.1 Å². The molecule has 2 aliphatic rings. The topological polar surface area (TPSA) is 75.2 Å². The molecule has 2 aromatic rings. The summed E-state index contributed by atoms with van der Waals surface area (Å²) in [7, 11) is 0. The third-order valence-electron chi connectivity index (χ3n) is 5.53. The minimum absolute atomic E-state index is 0.00163. The van der Waals surface area contributed by atoms with Crippen LogP contribution in [-0.4, -0.2) is 45.8 Å². The predicted molar refractivity (Wildman–Crippen MR) is 104 cm³/mol. The van der Waals surface area contributed by atoms with Crippen LogP contribution in [0.5, 0.6) is 0 Å². The molecule has 1 unspecified atom stereocenters. The Hall–Kier alpha value is -2.28. The van der Waals surface area contributed by atoms with Crippen molar-refractivity contribution in [3.05, 3.63) is 45.7 Å². The van der Waals surface area contributed by atoms with E-state index >= 15 is 0 Å². The molecule has 1 saturated heterocycles. The van der Waals surface area contributed by atoms with Gasteiger partial charge in [-0.15, -0.1) is 11.3 Å². The molecule has 0 spiro atoms. The molecule has 142 valence electrons. The van der Waals surface area contributed by atoms with Gasteiger partial charge in [0.1, 0.15) is 6.33 Å². The molecule has 3 heterocycles. The Morgan fingerprint density at radius 1 is 1.22 bits per heavy atom. The number of piperidine rings is 1. The molecule has 0 aromatic carbocycles. The number of hydrogen-bond donors (Lipinski definition) is 1. The van der Waals surface area contributed by atoms with E-state index in [1.807, 2.05) is 30.2 Å². The lowest BCUT2D eigenvalue weighted by atomic mass is 9.86. The number of carbonyl (C=O) groups is 2. The van der Waals surface area contributed by atoms with Crippen LogP contribution in [0.1, 0.15) is 45.1 Å². The molecule has 0 radical (unpaired) electrons. The Balaban J connectivity index is 1.29. The highest BCUT2D eigenvalue weighted by atomic mass is 32.1. The number of thiophene rings is 1. The molecule has 7 heteroatoms. The van der Waals surface area contributed by atoms with Gasteiger partial charge in [-0.2, -0.15) is 0 Å². The number of fused-ring (bicyclic) bond motifs is 1. The van der Waals surface area contributed by atoms with Crippen LogP contribution in [0.4, 0.5) is 0 Å². The summed E-state index contributed by atoms with van der Waals surface area (Å²) in [5.41, 5.74) is 2.19. The zero-order valence-corrected chi connectivity index (χ0v) is 16.3. The highest BCUT2D eigenvalue weighted by molar-refractivity contribution is 7.13. The molecule has 27 heavy (non-hydrogen) atoms. The summed E-state index contributed by atoms with van der Waals surface area (Å²) >= 11 is 1.52. The summed E-state index contributed by atoms with van der Waals surface area (Å²) in [4.78, 5) is 37.5. The van der Waals surface area contributed by atoms with Crippen molar-refractivity contribution >= 4 is 23.2 Å². The van der Waals surface area contributed by atoms with Crippen LogP contribution in [-0.2, 0) is 17.6 Å². The fraction of sp³-hybridized carbons (Fsp3) is 0.500. The standard InChI is InChI=1S/C20H24N4O2S/c1-13-2-5-18(27-13)19(25)23-16-6-8-24(9-7-16)20(26)14-3-4-17-15(10-14)11-21-12-22-17/h2,5,11-12,14,16H,3-4,6-10H2,1H3,(H,23,25). The third kappa shape index (κ3) is 4.03. The largest absolute Gasteiger partial charge is 0.348 e. The first-order valence-electron chi connectivity index (χ1n) is 9.54. The monoisotopic (exact) mass is 384 g/mol. The lowest BCUT2D eigenvalue weighted by molar-refractivity contribution is -0.137. The van der Waals surface area contributed by atoms with E-state index in [4.69, 9.17) is 0 Å². The highest BCUT2D eigenvalue weighted by Crippen LogP contribution is 2.26. The number of likely N-dealkylation sites (tertiary alicyclic amines) is 1. The van der Waals surface area contributed by atoms with Crippen molar-refractivity contribution in [3.63, 3.8) is 0 Å². The third-order valence-corrected chi connectivity index (χ3v) is 6.53. The average Bonchev–Trinajstić information content (AvgIpc) is 3.14. The average molecular weight is 385 g/mol. The van der Waals surface area contributed by atoms with Crippen molar-refractivity contribution in [1.82, 2.24) is 20.2 Å². The highest BCUT2D eigenvalue weighted by Gasteiger charge is 2.31. The number of rotatable bonds is 3. The maximum absolute atomic E-state index is 12.9. The van der Waals surface area contributed by atoms with Crippen LogP contribution in [0.3, 0.4) is 0 Å². The normalized spacial score (nSPS) is 20.2. The Bertz CT molecular complexity index is 842. The van der Waals surface area contributed by atoms with Crippen molar-refractivity contribution in [2.45, 2.75) is 45.1 Å². The lowest BCUT2D eigenvalue weighted by Crippen LogP contribution is -2.48. The number of amides is 2. The summed E-state index contributed by atoms with van der Waals surface area (Å²) in [6, 6.07) is 3.98. The first-order chi connectivity index (χ1) is 13.1. The molecule has 2 amide bonds. The number of aromatic nitrogens is 2. The second-order valence-electron chi connectivity index (χ2n) is 7.42. The van der Waals surface area contributed by atoms with Gasteiger partial charge in [-0.25, -0.2) is 9.97 Å². The van der Waals surface area contributed by atoms with Gasteiger partial charge in [0, 0.05) is 41.8 Å². The van der Waals surface area contributed by atoms with Gasteiger partial charge in [0.05, 0.1) is 4.88 Å². The Morgan fingerprint density at radius 3 is 2.78 bits per heavy atom. The Kier molecular flexibility index (Phi) is 5.20. The molecule has 1 atom stereocenters. The zero-order valence-electron chi connectivity index (χ0n) is 15.5. The fourth-order valence-corrected chi connectivity index (χ4v) is 4.75. The number of nitrogens with zero attached hydrogens (tertiary/aromatic N) is 3. The van der Waals surface area contributed by atoms with Crippen LogP contribution in [0, 0.1) is 12.8 Å². The molecule has 1 aliphatic heterocycles. The van der Waals surface area contributed by atoms with Crippen LogP contribution < -0.4 is 5.32 Å². The minimum Gasteiger partial charge on any atom is -0.348 e. The zero-order chi connectivity index (χ0) is 18.8. The first-order valence-corrected chi connectivity index (χ1v) is 10.4. The van der Waals surface area contributed by atoms with Gasteiger partial charge in [-0.3, -0.25) is 9.59 Å². The van der Waals surface area contributed by atoms with Gasteiger partial charge in [0.25, 0.3) is 5.91 Å². The molecule has 0 saturated carbocycles. The molecule has 1 fully saturated rings. The summed E-state index contributed by atoms with van der Waals surface area (Å²) in [6.45, 7) is 3.42. The van der Waals surface area contributed by atoms with E-state index in [0.29, 0.717) is 13.1 Å². The van der Waals surface area contributed by atoms with E-state index in [9.17, 15) is 9.59 Å². The van der Waals surface area contributed by atoms with Crippen molar-refractivity contribution in [3.8, 4) is 0 Å². The van der Waals surface area contributed by atoms with E-state index in [1.165, 1.54) is 11.3 Å². The summed E-state index contributed by atoms with van der Waals surface area (Å²) < 4.78 is 0. The molecule has 6 nitrogen and oxygen atoms in total. The number of aryl methyl sites for hydroxylation is 2. The predicted octanol–water partition coefficient (Wildman–Crippen LogP) is 2.37. The molecule has 1 N–H and O–H groups in total. The van der Waals surface area contributed by atoms with Gasteiger partial charge in [0.2, 0.25) is 5.91 Å². The van der Waals surface area contributed by atoms with E-state index in [2.05, 4.69) is 15.3 Å². The number of carbonyl (C=O) groups excluding carboxylic acids is 2. The molecular weight excluding hydrogens is 360 g/mol. The Labute approximate surface area is 163 Å². The second-order valence-corrected chi connectivity index (χ2v) is 8.71. The molecule has 4 rings (SSSR count). The second kappa shape index (κ2) is 7.76. The maximum Gasteiger partial charge on any atom is 0.261 e. The smallest absolute Gasteiger partial charge is 0.261 e. The molecular formula is C20H24N4O2S. The van der Waals surface area contributed by atoms with Gasteiger partial charge >= 0.3 is 0 Å². The van der Waals surface area contributed by atoms with Gasteiger partial charge in [-0.05, 0) is 56.7 Å². The van der Waals surface area contributed by atoms with Crippen molar-refractivity contribution < 1.29 is 9.59 Å². The summed E-state index contributed by atoms with van der Waals surface area (Å²) in [6.07, 6.45) is 7.50. The van der Waals surface area contributed by atoms with Gasteiger partial charge in [-0.1, -0.05) is 0 Å². The van der Waals surface area contributed by atoms with Crippen molar-refractivity contribution in [1.29, 1.82) is 0 Å². The molecule has 1 aliphatic carbocycles. The van der Waals surface area contributed by atoms with Gasteiger partial charge in [0.15, 0.2) is 0 Å². The summed E-state index contributed by atoms with van der Waals surface area (Å²) in [5.74, 6) is 0.272. The number of hydrogen-bond acceptors (Lipinski definition) is 5. The van der Waals surface area contributed by atoms with Gasteiger partial charge < -0.3 is 10.2 Å². The first kappa shape index (κ1) is 18.1. The van der Waals surface area contributed by atoms with Crippen LogP contribution in [0.2, 0.25) is 0 Å². The SMILES string of the molecule is Cc1ccc(C(=O)NC2CCN(C(=O)C3CCc4ncncc4C3)CC2)s1. The van der Waals surface area contributed by atoms with E-state index in [-0.39, 0.29) is 23.8 Å². The molecule has 2 aromatic heterocycles. The van der Waals surface area contributed by atoms with E-state index < -0.39 is 0 Å². The van der Waals surface area contributed by atoms with Crippen LogP contribution >= 0.6 is 11.3 Å². The fourth-order valence-electron chi connectivity index (χ4n) is 3.98. The lowest BCUT2D eigenvalue weighted by Gasteiger charge is -2.35. The summed E-state index contributed by atoms with van der Waals surface area (Å²) in [5, 5.41) is 3.12. The minimum atomic E-state index is 0.00163. The van der Waals surface area contributed by atoms with Crippen molar-refractivity contribution in [2.24, 2.45) is 5.92 Å². The van der Waals surface area contributed by atoms with Crippen LogP contribution in [0.15, 0.2) is 24.7 Å². The number of nitrogens with one attached hydrogen (secondary N) is 1. The van der Waals surface area contributed by atoms with E-state index in [1.54, 1.807) is 6.33 Å². The van der Waals surface area contributed by atoms with E-state index in [0.717, 1.165) is 53.1 Å². The maximum atomic E-state index is 12.9. The Morgan fingerprint density at radius 2 is 2.04 bits per heavy atom.